The number of likely N-dealkylation sites (N-methyl/N-ethyl adjacent to an activating group) is 1. The van der Waals surface area contributed by atoms with Crippen LogP contribution in [0, 0.1) is 0 Å². The third-order valence-electron chi connectivity index (χ3n) is 4.10. The van der Waals surface area contributed by atoms with Crippen LogP contribution in [0.3, 0.4) is 0 Å². The van der Waals surface area contributed by atoms with Crippen molar-refractivity contribution in [1.29, 1.82) is 0 Å². The second kappa shape index (κ2) is 8.50. The predicted molar refractivity (Wildman–Crippen MR) is 78.6 cm³/mol. The molecule has 3 unspecified atom stereocenters. The average molecular weight is 304 g/mol. The number of nitrogens with one attached hydrogen (secondary N) is 2. The van der Waals surface area contributed by atoms with Crippen molar-refractivity contribution in [3.63, 3.8) is 0 Å². The van der Waals surface area contributed by atoms with Crippen molar-refractivity contribution in [2.75, 3.05) is 27.8 Å². The first-order chi connectivity index (χ1) is 9.96. The second-order valence-electron chi connectivity index (χ2n) is 5.28. The number of hydrogen-bond donors (Lipinski definition) is 4. The molecule has 5 N–H and O–H groups in total. The fourth-order valence-corrected chi connectivity index (χ4v) is 2.70. The Hall–Kier alpha value is -0.930. The minimum atomic E-state index is -0.897. The molecule has 1 rings (SSSR count). The van der Waals surface area contributed by atoms with Gasteiger partial charge in [-0.1, -0.05) is 0 Å². The van der Waals surface area contributed by atoms with E-state index < -0.39 is 18.4 Å². The highest BCUT2D eigenvalue weighted by Gasteiger charge is 2.39. The lowest BCUT2D eigenvalue weighted by atomic mass is 10.1. The van der Waals surface area contributed by atoms with Gasteiger partial charge in [0.2, 0.25) is 0 Å². The zero-order chi connectivity index (χ0) is 16.0. The number of alkyl carbamates (subject to hydrolysis) is 1. The minimum Gasteiger partial charge on any atom is -0.453 e. The van der Waals surface area contributed by atoms with Crippen LogP contribution in [0.1, 0.15) is 19.8 Å². The van der Waals surface area contributed by atoms with Gasteiger partial charge in [0.15, 0.2) is 0 Å². The van der Waals surface area contributed by atoms with Crippen molar-refractivity contribution in [2.24, 2.45) is 5.73 Å². The van der Waals surface area contributed by atoms with E-state index in [9.17, 15) is 9.90 Å². The second-order valence-corrected chi connectivity index (χ2v) is 5.28. The number of aliphatic hydroxyl groups is 1. The molecule has 0 aromatic carbocycles. The number of aliphatic hydroxyl groups excluding tert-OH is 1. The van der Waals surface area contributed by atoms with Crippen LogP contribution >= 0.6 is 0 Å². The molecule has 0 bridgehead atoms. The van der Waals surface area contributed by atoms with Gasteiger partial charge < -0.3 is 30.9 Å². The molecule has 8 nitrogen and oxygen atoms in total. The van der Waals surface area contributed by atoms with Crippen LogP contribution in [0.5, 0.6) is 0 Å². The maximum absolute atomic E-state index is 11.5. The Morgan fingerprint density at radius 1 is 1.48 bits per heavy atom. The molecule has 0 saturated carbocycles. The monoisotopic (exact) mass is 304 g/mol. The summed E-state index contributed by atoms with van der Waals surface area (Å²) in [6, 6.07) is -0.594. The lowest BCUT2D eigenvalue weighted by Crippen LogP contribution is -2.61. The number of amides is 1. The zero-order valence-corrected chi connectivity index (χ0v) is 13.2. The number of hydrogen-bond acceptors (Lipinski definition) is 7. The number of likely N-dealkylation sites (tertiary alicyclic amines) is 1. The van der Waals surface area contributed by atoms with Gasteiger partial charge in [0.05, 0.1) is 25.4 Å². The van der Waals surface area contributed by atoms with Gasteiger partial charge in [0.1, 0.15) is 6.23 Å². The van der Waals surface area contributed by atoms with Gasteiger partial charge in [-0.15, -0.1) is 0 Å². The molecule has 0 aliphatic carbocycles. The Morgan fingerprint density at radius 2 is 2.14 bits per heavy atom. The maximum Gasteiger partial charge on any atom is 0.407 e. The highest BCUT2D eigenvalue weighted by atomic mass is 16.5. The molecular formula is C13H28N4O4. The van der Waals surface area contributed by atoms with Crippen molar-refractivity contribution in [2.45, 2.75) is 50.3 Å². The van der Waals surface area contributed by atoms with E-state index in [0.717, 1.165) is 19.4 Å². The predicted octanol–water partition coefficient (Wildman–Crippen LogP) is -0.967. The van der Waals surface area contributed by atoms with E-state index in [1.807, 2.05) is 4.90 Å². The SMILES string of the molecule is CNC(N)[C@@H]1CCCN1C(O)[C@@H](NC(=O)OC)C(C)OC. The van der Waals surface area contributed by atoms with E-state index in [0.29, 0.717) is 0 Å². The number of carbonyl (C=O) groups is 1. The number of methoxy groups -OCH3 is 2. The van der Waals surface area contributed by atoms with E-state index in [1.54, 1.807) is 14.0 Å². The fourth-order valence-electron chi connectivity index (χ4n) is 2.70. The number of carbonyl (C=O) groups excluding carboxylic acids is 1. The molecule has 1 aliphatic rings. The Labute approximate surface area is 125 Å². The third-order valence-corrected chi connectivity index (χ3v) is 4.10. The molecule has 5 atom stereocenters. The molecule has 0 radical (unpaired) electrons. The van der Waals surface area contributed by atoms with E-state index in [-0.39, 0.29) is 18.3 Å². The molecule has 0 spiro atoms. The highest BCUT2D eigenvalue weighted by molar-refractivity contribution is 5.67. The van der Waals surface area contributed by atoms with Crippen molar-refractivity contribution >= 4 is 6.09 Å². The maximum atomic E-state index is 11.5. The van der Waals surface area contributed by atoms with Gasteiger partial charge in [-0.25, -0.2) is 4.79 Å². The number of nitrogens with two attached hydrogens (primary N) is 1. The molecule has 1 fully saturated rings. The summed E-state index contributed by atoms with van der Waals surface area (Å²) in [6.45, 7) is 2.50. The minimum absolute atomic E-state index is 0.0102. The summed E-state index contributed by atoms with van der Waals surface area (Å²) in [5.41, 5.74) is 6.04. The number of nitrogens with zero attached hydrogens (tertiary/aromatic N) is 1. The van der Waals surface area contributed by atoms with Crippen LogP contribution in [0.15, 0.2) is 0 Å². The van der Waals surface area contributed by atoms with Crippen LogP contribution in [-0.2, 0) is 9.47 Å². The van der Waals surface area contributed by atoms with Gasteiger partial charge in [-0.2, -0.15) is 0 Å². The normalized spacial score (nSPS) is 25.1. The van der Waals surface area contributed by atoms with Crippen molar-refractivity contribution in [3.05, 3.63) is 0 Å². The Balaban J connectivity index is 2.82. The molecule has 1 saturated heterocycles. The van der Waals surface area contributed by atoms with E-state index >= 15 is 0 Å². The lowest BCUT2D eigenvalue weighted by Gasteiger charge is -2.38. The molecule has 1 heterocycles. The summed E-state index contributed by atoms with van der Waals surface area (Å²) in [6.07, 6.45) is -0.262. The summed E-state index contributed by atoms with van der Waals surface area (Å²) >= 11 is 0. The molecule has 21 heavy (non-hydrogen) atoms. The Morgan fingerprint density at radius 3 is 2.67 bits per heavy atom. The molecule has 8 heteroatoms. The standard InChI is InChI=1S/C13H28N4O4/c1-8(20-3)10(16-13(19)21-4)12(18)17-7-5-6-9(17)11(14)15-2/h8-12,15,18H,5-7,14H2,1-4H3,(H,16,19)/t8?,9-,10-,11?,12?/m0/s1. The van der Waals surface area contributed by atoms with Crippen LogP contribution in [0.2, 0.25) is 0 Å². The lowest BCUT2D eigenvalue weighted by molar-refractivity contribution is -0.0724. The summed E-state index contributed by atoms with van der Waals surface area (Å²) in [7, 11) is 4.60. The summed E-state index contributed by atoms with van der Waals surface area (Å²) in [5.74, 6) is 0. The first-order valence-corrected chi connectivity index (χ1v) is 7.20. The van der Waals surface area contributed by atoms with Gasteiger partial charge in [-0.3, -0.25) is 4.90 Å². The largest absolute Gasteiger partial charge is 0.453 e. The summed E-state index contributed by atoms with van der Waals surface area (Å²) in [4.78, 5) is 13.4. The molecular weight excluding hydrogens is 276 g/mol. The van der Waals surface area contributed by atoms with E-state index in [1.165, 1.54) is 14.2 Å². The average Bonchev–Trinajstić information content (AvgIpc) is 2.99. The van der Waals surface area contributed by atoms with Crippen LogP contribution < -0.4 is 16.4 Å². The summed E-state index contributed by atoms with van der Waals surface area (Å²) < 4.78 is 9.87. The van der Waals surface area contributed by atoms with Crippen LogP contribution in [-0.4, -0.2) is 74.5 Å². The molecule has 0 aromatic heterocycles. The quantitative estimate of drug-likeness (QED) is 0.448. The Kier molecular flexibility index (Phi) is 7.33. The van der Waals surface area contributed by atoms with Crippen LogP contribution in [0.25, 0.3) is 0 Å². The first kappa shape index (κ1) is 18.1. The van der Waals surface area contributed by atoms with Crippen molar-refractivity contribution < 1.29 is 19.4 Å². The Bertz CT molecular complexity index is 331. The zero-order valence-electron chi connectivity index (χ0n) is 13.2. The van der Waals surface area contributed by atoms with Crippen LogP contribution in [0.4, 0.5) is 4.79 Å². The summed E-state index contributed by atoms with van der Waals surface area (Å²) in [5, 5.41) is 16.3. The van der Waals surface area contributed by atoms with Gasteiger partial charge in [-0.05, 0) is 26.8 Å². The van der Waals surface area contributed by atoms with Gasteiger partial charge >= 0.3 is 6.09 Å². The van der Waals surface area contributed by atoms with Gasteiger partial charge in [0.25, 0.3) is 0 Å². The van der Waals surface area contributed by atoms with Crippen molar-refractivity contribution in [3.8, 4) is 0 Å². The molecule has 1 aliphatic heterocycles. The smallest absolute Gasteiger partial charge is 0.407 e. The molecule has 1 amide bonds. The number of ether oxygens (including phenoxy) is 2. The van der Waals surface area contributed by atoms with Gasteiger partial charge in [0, 0.05) is 19.7 Å². The molecule has 0 aromatic rings. The fraction of sp³-hybridized carbons (Fsp3) is 0.923. The van der Waals surface area contributed by atoms with E-state index in [4.69, 9.17) is 10.5 Å². The molecule has 124 valence electrons. The van der Waals surface area contributed by atoms with E-state index in [2.05, 4.69) is 15.4 Å². The first-order valence-electron chi connectivity index (χ1n) is 7.20. The highest BCUT2D eigenvalue weighted by Crippen LogP contribution is 2.23. The number of rotatable bonds is 7. The third kappa shape index (κ3) is 4.52. The topological polar surface area (TPSA) is 109 Å². The van der Waals surface area contributed by atoms with Crippen molar-refractivity contribution in [1.82, 2.24) is 15.5 Å².